The Hall–Kier alpha value is 1.62. The maximum Gasteiger partial charge on any atom is 3.00 e. The quantitative estimate of drug-likeness (QED) is 0.435. The summed E-state index contributed by atoms with van der Waals surface area (Å²) in [6, 6.07) is 0. The van der Waals surface area contributed by atoms with E-state index in [2.05, 4.69) is 0 Å². The van der Waals surface area contributed by atoms with Crippen LogP contribution in [0.25, 0.3) is 0 Å². The first-order chi connectivity index (χ1) is 0. The van der Waals surface area contributed by atoms with Crippen molar-refractivity contribution in [3.05, 3.63) is 0 Å². The average molecular weight is 167 g/mol. The van der Waals surface area contributed by atoms with Crippen LogP contribution in [0.4, 0.5) is 0 Å². The Morgan fingerprint density at radius 1 is 1.00 bits per heavy atom. The molecule has 0 heterocycles. The van der Waals surface area contributed by atoms with Crippen molar-refractivity contribution in [1.82, 2.24) is 0 Å². The summed E-state index contributed by atoms with van der Waals surface area (Å²) in [7, 11) is 0. The fourth-order valence-corrected chi connectivity index (χ4v) is 0. The predicted octanol–water partition coefficient (Wildman–Crippen LogP) is -0.505. The fourth-order valence-electron chi connectivity index (χ4n) is 0. The Bertz CT molecular complexity index is 8.00. The molecule has 0 rings (SSSR count). The van der Waals surface area contributed by atoms with Crippen LogP contribution in [-0.2, 0) is 41.7 Å². The van der Waals surface area contributed by atoms with Crippen molar-refractivity contribution in [3.63, 3.8) is 0 Å². The molecule has 0 atom stereocenters. The van der Waals surface area contributed by atoms with E-state index in [1.54, 1.807) is 0 Å². The van der Waals surface area contributed by atoms with E-state index in [0.29, 0.717) is 0 Å². The SMILES string of the molecule is [Al+3].[Co+2].[O-2].[Zn+2]. The van der Waals surface area contributed by atoms with Crippen LogP contribution in [0, 0.1) is 0 Å². The molecule has 1 nitrogen and oxygen atoms in total. The molecule has 0 saturated carbocycles. The number of hydrogen-bond donors (Lipinski definition) is 0. The third-order valence-corrected chi connectivity index (χ3v) is 0. The molecule has 0 unspecified atom stereocenters. The van der Waals surface area contributed by atoms with Gasteiger partial charge in [-0.2, -0.15) is 0 Å². The minimum atomic E-state index is 0. The molecule has 0 aliphatic heterocycles. The maximum atomic E-state index is 0. The second-order valence-electron chi connectivity index (χ2n) is 0. The molecular weight excluding hydrogens is 167 g/mol. The molecule has 1 radical (unpaired) electrons. The summed E-state index contributed by atoms with van der Waals surface area (Å²) in [6.07, 6.45) is 0. The van der Waals surface area contributed by atoms with Gasteiger partial charge in [-0.15, -0.1) is 0 Å². The second kappa shape index (κ2) is 23.0. The van der Waals surface area contributed by atoms with E-state index < -0.39 is 0 Å². The summed E-state index contributed by atoms with van der Waals surface area (Å²) in [5, 5.41) is 0. The van der Waals surface area contributed by atoms with Gasteiger partial charge in [0.15, 0.2) is 0 Å². The zero-order valence-corrected chi connectivity index (χ0v) is 7.19. The van der Waals surface area contributed by atoms with Gasteiger partial charge in [-0.25, -0.2) is 0 Å². The van der Waals surface area contributed by atoms with Crippen LogP contribution in [0.1, 0.15) is 0 Å². The molecule has 4 heavy (non-hydrogen) atoms. The Labute approximate surface area is 58.9 Å². The van der Waals surface area contributed by atoms with Crippen molar-refractivity contribution in [2.45, 2.75) is 0 Å². The molecule has 0 aromatic carbocycles. The zero-order chi connectivity index (χ0) is 0. The van der Waals surface area contributed by atoms with Gasteiger partial charge >= 0.3 is 53.6 Å². The fraction of sp³-hybridized carbons (Fsp3) is 0. The molecule has 0 aliphatic rings. The van der Waals surface area contributed by atoms with Gasteiger partial charge in [0, 0.05) is 0 Å². The standard InChI is InChI=1S/Al.Co.O.Zn/q+3;+2;-2;+2. The summed E-state index contributed by atoms with van der Waals surface area (Å²) in [5.41, 5.74) is 0. The molecule has 0 bridgehead atoms. The minimum absolute atomic E-state index is 0. The van der Waals surface area contributed by atoms with Crippen molar-refractivity contribution < 1.29 is 41.7 Å². The van der Waals surface area contributed by atoms with Crippen LogP contribution < -0.4 is 0 Å². The van der Waals surface area contributed by atoms with Gasteiger partial charge in [0.1, 0.15) is 0 Å². The van der Waals surface area contributed by atoms with Crippen LogP contribution in [0.3, 0.4) is 0 Å². The monoisotopic (exact) mass is 166 g/mol. The smallest absolute Gasteiger partial charge is 2.00 e. The van der Waals surface area contributed by atoms with E-state index in [1.165, 1.54) is 0 Å². The van der Waals surface area contributed by atoms with Crippen LogP contribution in [0.15, 0.2) is 0 Å². The largest absolute Gasteiger partial charge is 3.00 e. The van der Waals surface area contributed by atoms with E-state index in [4.69, 9.17) is 0 Å². The van der Waals surface area contributed by atoms with Gasteiger partial charge in [0.2, 0.25) is 0 Å². The molecular formula is AlCoOZn+5. The molecule has 0 aromatic rings. The summed E-state index contributed by atoms with van der Waals surface area (Å²) in [5.74, 6) is 0. The molecule has 4 heteroatoms. The number of hydrogen-bond acceptors (Lipinski definition) is 0. The topological polar surface area (TPSA) is 28.5 Å². The molecule has 0 aromatic heterocycles. The third kappa shape index (κ3) is 9.46. The number of rotatable bonds is 0. The summed E-state index contributed by atoms with van der Waals surface area (Å²) >= 11 is 0. The average Bonchev–Trinajstić information content (AvgIpc) is 0. The van der Waals surface area contributed by atoms with E-state index in [0.717, 1.165) is 0 Å². The van der Waals surface area contributed by atoms with E-state index >= 15 is 0 Å². The summed E-state index contributed by atoms with van der Waals surface area (Å²) < 4.78 is 0. The molecule has 0 N–H and O–H groups in total. The van der Waals surface area contributed by atoms with Gasteiger partial charge in [0.05, 0.1) is 0 Å². The minimum Gasteiger partial charge on any atom is -2.00 e. The Morgan fingerprint density at radius 3 is 1.00 bits per heavy atom. The van der Waals surface area contributed by atoms with Crippen LogP contribution >= 0.6 is 0 Å². The Morgan fingerprint density at radius 2 is 1.00 bits per heavy atom. The Balaban J connectivity index is 0. The van der Waals surface area contributed by atoms with Crippen molar-refractivity contribution in [2.75, 3.05) is 0 Å². The van der Waals surface area contributed by atoms with E-state index in [9.17, 15) is 0 Å². The van der Waals surface area contributed by atoms with Gasteiger partial charge < -0.3 is 5.48 Å². The maximum absolute atomic E-state index is 0. The van der Waals surface area contributed by atoms with Crippen molar-refractivity contribution in [2.24, 2.45) is 0 Å². The van der Waals surface area contributed by atoms with E-state index in [-0.39, 0.29) is 59.1 Å². The summed E-state index contributed by atoms with van der Waals surface area (Å²) in [4.78, 5) is 0. The molecule has 15 valence electrons. The van der Waals surface area contributed by atoms with Crippen molar-refractivity contribution >= 4 is 17.4 Å². The third-order valence-electron chi connectivity index (χ3n) is 0. The molecule has 0 amide bonds. The summed E-state index contributed by atoms with van der Waals surface area (Å²) in [6.45, 7) is 0. The van der Waals surface area contributed by atoms with Gasteiger partial charge in [0.25, 0.3) is 0 Å². The Kier molecular flexibility index (Phi) is 263. The predicted molar refractivity (Wildman–Crippen MR) is 6.44 cm³/mol. The second-order valence-corrected chi connectivity index (χ2v) is 0. The van der Waals surface area contributed by atoms with Crippen LogP contribution in [-0.4, -0.2) is 17.4 Å². The van der Waals surface area contributed by atoms with Gasteiger partial charge in [-0.3, -0.25) is 0 Å². The molecule has 0 spiro atoms. The normalized spacial score (nSPS) is 0. The molecule has 0 aliphatic carbocycles. The van der Waals surface area contributed by atoms with Gasteiger partial charge in [-0.05, 0) is 0 Å². The van der Waals surface area contributed by atoms with Crippen LogP contribution in [0.5, 0.6) is 0 Å². The van der Waals surface area contributed by atoms with E-state index in [1.807, 2.05) is 0 Å². The van der Waals surface area contributed by atoms with Crippen molar-refractivity contribution in [1.29, 1.82) is 0 Å². The zero-order valence-electron chi connectivity index (χ0n) is 2.03. The first kappa shape index (κ1) is 45.6. The molecule has 0 saturated heterocycles. The first-order valence-corrected chi connectivity index (χ1v) is 0. The first-order valence-electron chi connectivity index (χ1n) is 0. The van der Waals surface area contributed by atoms with Crippen molar-refractivity contribution in [3.8, 4) is 0 Å². The molecule has 0 fully saturated rings. The van der Waals surface area contributed by atoms with Crippen LogP contribution in [0.2, 0.25) is 0 Å². The van der Waals surface area contributed by atoms with Gasteiger partial charge in [-0.1, -0.05) is 0 Å².